The highest BCUT2D eigenvalue weighted by Gasteiger charge is 2.32. The van der Waals surface area contributed by atoms with Crippen LogP contribution in [-0.2, 0) is 4.74 Å². The van der Waals surface area contributed by atoms with Crippen molar-refractivity contribution in [1.82, 2.24) is 9.88 Å². The number of aromatic nitrogens is 1. The molecule has 0 spiro atoms. The summed E-state index contributed by atoms with van der Waals surface area (Å²) in [5, 5.41) is 13.3. The van der Waals surface area contributed by atoms with Crippen LogP contribution in [-0.4, -0.2) is 66.2 Å². The normalized spacial score (nSPS) is 16.7. The Hall–Kier alpha value is -2.39. The molecule has 8 nitrogen and oxygen atoms in total. The molecule has 1 saturated heterocycles. The third-order valence-electron chi connectivity index (χ3n) is 6.23. The molecule has 0 saturated carbocycles. The van der Waals surface area contributed by atoms with E-state index in [-0.39, 0.29) is 29.2 Å². The molecule has 2 aromatic rings. The number of aliphatic hydroxyl groups is 1. The topological polar surface area (TPSA) is 87.2 Å². The van der Waals surface area contributed by atoms with Gasteiger partial charge in [0.15, 0.2) is 0 Å². The van der Waals surface area contributed by atoms with Crippen molar-refractivity contribution in [3.63, 3.8) is 0 Å². The lowest BCUT2D eigenvalue weighted by Gasteiger charge is -2.40. The van der Waals surface area contributed by atoms with Gasteiger partial charge in [0.1, 0.15) is 28.9 Å². The second-order valence-corrected chi connectivity index (χ2v) is 9.69. The van der Waals surface area contributed by atoms with Gasteiger partial charge in [0, 0.05) is 38.0 Å². The molecule has 9 heteroatoms. The Balaban J connectivity index is 1.93. The van der Waals surface area contributed by atoms with Crippen LogP contribution in [0.2, 0.25) is 5.15 Å². The van der Waals surface area contributed by atoms with Gasteiger partial charge in [-0.1, -0.05) is 43.6 Å². The SMILES string of the molecule is COCC(C)Oc1cc(Cl)ncc1NC(=O)N(c1ccccc1C(C)C)C1CCN(C(C)O)CC1. The monoisotopic (exact) mass is 504 g/mol. The van der Waals surface area contributed by atoms with Crippen LogP contribution in [0.15, 0.2) is 36.5 Å². The van der Waals surface area contributed by atoms with E-state index in [0.29, 0.717) is 31.1 Å². The van der Waals surface area contributed by atoms with Crippen LogP contribution in [0.3, 0.4) is 0 Å². The number of hydrogen-bond donors (Lipinski definition) is 2. The smallest absolute Gasteiger partial charge is 0.326 e. The fourth-order valence-corrected chi connectivity index (χ4v) is 4.60. The standard InChI is InChI=1S/C26H37ClN4O4/c1-17(2)21-8-6-7-9-23(21)31(20-10-12-30(13-11-20)19(4)32)26(33)29-22-15-28-25(27)14-24(22)35-18(3)16-34-5/h6-9,14-15,17-20,32H,10-13,16H2,1-5H3,(H,29,33). The number of carbonyl (C=O) groups excluding carboxylic acids is 1. The Bertz CT molecular complexity index is 980. The molecule has 1 aromatic carbocycles. The molecule has 2 unspecified atom stereocenters. The summed E-state index contributed by atoms with van der Waals surface area (Å²) in [5.41, 5.74) is 2.42. The molecule has 2 amide bonds. The summed E-state index contributed by atoms with van der Waals surface area (Å²) in [6, 6.07) is 9.32. The van der Waals surface area contributed by atoms with Gasteiger partial charge in [0.05, 0.1) is 12.8 Å². The molecule has 2 N–H and O–H groups in total. The van der Waals surface area contributed by atoms with Gasteiger partial charge >= 0.3 is 6.03 Å². The number of pyridine rings is 1. The van der Waals surface area contributed by atoms with Crippen molar-refractivity contribution in [1.29, 1.82) is 0 Å². The molecule has 0 aliphatic carbocycles. The quantitative estimate of drug-likeness (QED) is 0.461. The fourth-order valence-electron chi connectivity index (χ4n) is 4.45. The van der Waals surface area contributed by atoms with Crippen LogP contribution in [0, 0.1) is 0 Å². The maximum Gasteiger partial charge on any atom is 0.326 e. The maximum absolute atomic E-state index is 13.9. The average molecular weight is 505 g/mol. The van der Waals surface area contributed by atoms with Crippen LogP contribution in [0.1, 0.15) is 52.0 Å². The molecule has 3 rings (SSSR count). The van der Waals surface area contributed by atoms with Gasteiger partial charge in [-0.25, -0.2) is 9.78 Å². The number of carbonyl (C=O) groups is 1. The Labute approximate surface area is 213 Å². The number of piperidine rings is 1. The van der Waals surface area contributed by atoms with Crippen molar-refractivity contribution in [2.45, 2.75) is 64.8 Å². The fraction of sp³-hybridized carbons (Fsp3) is 0.538. The summed E-state index contributed by atoms with van der Waals surface area (Å²) in [6.45, 7) is 9.71. The maximum atomic E-state index is 13.9. The number of urea groups is 1. The summed E-state index contributed by atoms with van der Waals surface area (Å²) >= 11 is 6.12. The van der Waals surface area contributed by atoms with E-state index in [2.05, 4.69) is 30.2 Å². The van der Waals surface area contributed by atoms with E-state index >= 15 is 0 Å². The lowest BCUT2D eigenvalue weighted by atomic mass is 9.97. The number of para-hydroxylation sites is 1. The molecule has 1 aromatic heterocycles. The first-order valence-electron chi connectivity index (χ1n) is 12.1. The highest BCUT2D eigenvalue weighted by molar-refractivity contribution is 6.29. The van der Waals surface area contributed by atoms with Gasteiger partial charge in [0.2, 0.25) is 0 Å². The number of benzene rings is 1. The van der Waals surface area contributed by atoms with Crippen molar-refractivity contribution >= 4 is 29.0 Å². The number of methoxy groups -OCH3 is 1. The zero-order valence-electron chi connectivity index (χ0n) is 21.2. The largest absolute Gasteiger partial charge is 0.486 e. The number of amides is 2. The third-order valence-corrected chi connectivity index (χ3v) is 6.44. The number of rotatable bonds is 9. The van der Waals surface area contributed by atoms with Gasteiger partial charge in [-0.3, -0.25) is 9.80 Å². The highest BCUT2D eigenvalue weighted by Crippen LogP contribution is 2.34. The van der Waals surface area contributed by atoms with E-state index in [4.69, 9.17) is 21.1 Å². The van der Waals surface area contributed by atoms with Gasteiger partial charge in [-0.2, -0.15) is 0 Å². The van der Waals surface area contributed by atoms with Crippen LogP contribution in [0.4, 0.5) is 16.2 Å². The first-order chi connectivity index (χ1) is 16.7. The van der Waals surface area contributed by atoms with E-state index in [1.165, 1.54) is 6.20 Å². The Morgan fingerprint density at radius 1 is 1.26 bits per heavy atom. The van der Waals surface area contributed by atoms with Crippen LogP contribution in [0.5, 0.6) is 5.75 Å². The minimum Gasteiger partial charge on any atom is -0.486 e. The number of aliphatic hydroxyl groups excluding tert-OH is 1. The molecular weight excluding hydrogens is 468 g/mol. The first kappa shape index (κ1) is 27.2. The number of ether oxygens (including phenoxy) is 2. The van der Waals surface area contributed by atoms with Crippen LogP contribution >= 0.6 is 11.6 Å². The zero-order valence-corrected chi connectivity index (χ0v) is 22.0. The van der Waals surface area contributed by atoms with Crippen molar-refractivity contribution in [3.8, 4) is 5.75 Å². The molecule has 2 heterocycles. The summed E-state index contributed by atoms with van der Waals surface area (Å²) in [5.74, 6) is 0.675. The van der Waals surface area contributed by atoms with Crippen molar-refractivity contribution in [3.05, 3.63) is 47.2 Å². The van der Waals surface area contributed by atoms with E-state index < -0.39 is 6.23 Å². The molecule has 1 aliphatic heterocycles. The van der Waals surface area contributed by atoms with Gasteiger partial charge in [-0.15, -0.1) is 0 Å². The highest BCUT2D eigenvalue weighted by atomic mass is 35.5. The summed E-state index contributed by atoms with van der Waals surface area (Å²) < 4.78 is 11.2. The molecule has 1 fully saturated rings. The number of anilines is 2. The number of hydrogen-bond acceptors (Lipinski definition) is 6. The van der Waals surface area contributed by atoms with E-state index in [0.717, 1.165) is 24.1 Å². The molecule has 0 radical (unpaired) electrons. The van der Waals surface area contributed by atoms with Gasteiger partial charge < -0.3 is 19.9 Å². The first-order valence-corrected chi connectivity index (χ1v) is 12.5. The van der Waals surface area contributed by atoms with E-state index in [9.17, 15) is 9.90 Å². The van der Waals surface area contributed by atoms with E-state index in [1.807, 2.05) is 34.9 Å². The number of halogens is 1. The lowest BCUT2D eigenvalue weighted by molar-refractivity contribution is 0.00356. The molecule has 192 valence electrons. The van der Waals surface area contributed by atoms with Crippen molar-refractivity contribution < 1.29 is 19.4 Å². The second kappa shape index (κ2) is 12.5. The molecular formula is C26H37ClN4O4. The number of likely N-dealkylation sites (tertiary alicyclic amines) is 1. The third kappa shape index (κ3) is 7.07. The Morgan fingerprint density at radius 2 is 1.94 bits per heavy atom. The van der Waals surface area contributed by atoms with Crippen LogP contribution < -0.4 is 15.0 Å². The second-order valence-electron chi connectivity index (χ2n) is 9.30. The Kier molecular flexibility index (Phi) is 9.74. The molecule has 0 bridgehead atoms. The zero-order chi connectivity index (χ0) is 25.5. The lowest BCUT2D eigenvalue weighted by Crippen LogP contribution is -2.51. The summed E-state index contributed by atoms with van der Waals surface area (Å²) in [6.07, 6.45) is 2.26. The predicted molar refractivity (Wildman–Crippen MR) is 140 cm³/mol. The minimum absolute atomic E-state index is 0.0260. The summed E-state index contributed by atoms with van der Waals surface area (Å²) in [4.78, 5) is 21.9. The average Bonchev–Trinajstić information content (AvgIpc) is 2.81. The van der Waals surface area contributed by atoms with Gasteiger partial charge in [-0.05, 0) is 44.2 Å². The minimum atomic E-state index is -0.505. The molecule has 35 heavy (non-hydrogen) atoms. The molecule has 1 aliphatic rings. The number of nitrogens with one attached hydrogen (secondary N) is 1. The van der Waals surface area contributed by atoms with Gasteiger partial charge in [0.25, 0.3) is 0 Å². The van der Waals surface area contributed by atoms with Crippen LogP contribution in [0.25, 0.3) is 0 Å². The van der Waals surface area contributed by atoms with Crippen molar-refractivity contribution in [2.24, 2.45) is 0 Å². The Morgan fingerprint density at radius 3 is 2.57 bits per heavy atom. The predicted octanol–water partition coefficient (Wildman–Crippen LogP) is 5.11. The van der Waals surface area contributed by atoms with Crippen molar-refractivity contribution in [2.75, 3.05) is 37.0 Å². The molecule has 2 atom stereocenters. The number of nitrogens with zero attached hydrogens (tertiary/aromatic N) is 3. The summed E-state index contributed by atoms with van der Waals surface area (Å²) in [7, 11) is 1.61. The van der Waals surface area contributed by atoms with E-state index in [1.54, 1.807) is 20.1 Å².